The van der Waals surface area contributed by atoms with Gasteiger partial charge in [-0.1, -0.05) is 12.8 Å². The Hall–Kier alpha value is -0.610. The second kappa shape index (κ2) is 5.36. The normalized spacial score (nSPS) is 26.4. The van der Waals surface area contributed by atoms with Crippen molar-refractivity contribution in [2.75, 3.05) is 17.8 Å². The van der Waals surface area contributed by atoms with E-state index in [1.165, 1.54) is 0 Å². The maximum absolute atomic E-state index is 12.0. The van der Waals surface area contributed by atoms with Crippen LogP contribution in [0, 0.1) is 17.2 Å². The fourth-order valence-electron chi connectivity index (χ4n) is 2.09. The Morgan fingerprint density at radius 1 is 1.12 bits per heavy atom. The van der Waals surface area contributed by atoms with Crippen molar-refractivity contribution in [1.29, 1.82) is 5.26 Å². The average Bonchev–Trinajstić information content (AvgIpc) is 2.26. The fraction of sp³-hybridized carbons (Fsp3) is 0.900. The second-order valence-corrected chi connectivity index (χ2v) is 9.15. The Labute approximate surface area is 103 Å². The average molecular weight is 279 g/mol. The summed E-state index contributed by atoms with van der Waals surface area (Å²) in [6.45, 7) is 0. The summed E-state index contributed by atoms with van der Waals surface area (Å²) < 4.78 is 45.9. The summed E-state index contributed by atoms with van der Waals surface area (Å²) in [6, 6.07) is 2.03. The Kier molecular flexibility index (Phi) is 4.55. The van der Waals surface area contributed by atoms with E-state index in [0.717, 1.165) is 19.1 Å². The molecule has 0 spiro atoms. The van der Waals surface area contributed by atoms with Gasteiger partial charge in [-0.05, 0) is 12.8 Å². The molecule has 2 unspecified atom stereocenters. The van der Waals surface area contributed by atoms with Gasteiger partial charge in [0.15, 0.2) is 9.84 Å². The van der Waals surface area contributed by atoms with Crippen LogP contribution in [0.5, 0.6) is 0 Å². The molecule has 1 aliphatic rings. The smallest absolute Gasteiger partial charge is 0.155 e. The zero-order chi connectivity index (χ0) is 13.1. The minimum atomic E-state index is -3.48. The van der Waals surface area contributed by atoms with Crippen molar-refractivity contribution in [3.63, 3.8) is 0 Å². The Bertz CT molecular complexity index is 501. The van der Waals surface area contributed by atoms with Crippen LogP contribution < -0.4 is 0 Å². The Balaban J connectivity index is 2.79. The van der Waals surface area contributed by atoms with Crippen molar-refractivity contribution in [2.45, 2.75) is 30.9 Å². The lowest BCUT2D eigenvalue weighted by Crippen LogP contribution is -2.35. The van der Waals surface area contributed by atoms with Gasteiger partial charge < -0.3 is 0 Å². The van der Waals surface area contributed by atoms with E-state index in [2.05, 4.69) is 0 Å². The molecule has 0 amide bonds. The van der Waals surface area contributed by atoms with Crippen molar-refractivity contribution >= 4 is 19.7 Å². The molecule has 1 fully saturated rings. The highest BCUT2D eigenvalue weighted by Gasteiger charge is 2.35. The van der Waals surface area contributed by atoms with Crippen LogP contribution in [0.1, 0.15) is 25.7 Å². The van der Waals surface area contributed by atoms with Crippen LogP contribution in [-0.4, -0.2) is 39.8 Å². The molecule has 0 bridgehead atoms. The highest BCUT2D eigenvalue weighted by Crippen LogP contribution is 2.29. The summed E-state index contributed by atoms with van der Waals surface area (Å²) in [5.41, 5.74) is 0. The largest absolute Gasteiger partial charge is 0.229 e. The van der Waals surface area contributed by atoms with Crippen molar-refractivity contribution in [2.24, 2.45) is 5.92 Å². The molecule has 1 saturated carbocycles. The van der Waals surface area contributed by atoms with Crippen molar-refractivity contribution in [3.05, 3.63) is 0 Å². The molecule has 1 aliphatic carbocycles. The molecule has 2 atom stereocenters. The lowest BCUT2D eigenvalue weighted by atomic mass is 9.90. The third-order valence-corrected chi connectivity index (χ3v) is 6.53. The van der Waals surface area contributed by atoms with Gasteiger partial charge in [0.1, 0.15) is 9.84 Å². The molecule has 5 nitrogen and oxygen atoms in total. The molecule has 17 heavy (non-hydrogen) atoms. The molecular weight excluding hydrogens is 262 g/mol. The fourth-order valence-corrected chi connectivity index (χ4v) is 5.76. The Morgan fingerprint density at radius 3 is 2.24 bits per heavy atom. The third kappa shape index (κ3) is 4.28. The Morgan fingerprint density at radius 2 is 1.71 bits per heavy atom. The van der Waals surface area contributed by atoms with Gasteiger partial charge in [0, 0.05) is 6.26 Å². The number of hydrogen-bond acceptors (Lipinski definition) is 5. The molecule has 0 N–H and O–H groups in total. The predicted octanol–water partition coefficient (Wildman–Crippen LogP) is 0.528. The van der Waals surface area contributed by atoms with Crippen LogP contribution in [-0.2, 0) is 19.7 Å². The van der Waals surface area contributed by atoms with Crippen LogP contribution in [0.2, 0.25) is 0 Å². The third-order valence-electron chi connectivity index (χ3n) is 3.07. The molecular formula is C10H17NO4S2. The first kappa shape index (κ1) is 14.5. The van der Waals surface area contributed by atoms with E-state index in [1.807, 2.05) is 6.07 Å². The summed E-state index contributed by atoms with van der Waals surface area (Å²) >= 11 is 0. The number of nitriles is 1. The lowest BCUT2D eigenvalue weighted by Gasteiger charge is -2.26. The van der Waals surface area contributed by atoms with Gasteiger partial charge in [-0.25, -0.2) is 16.8 Å². The highest BCUT2D eigenvalue weighted by molar-refractivity contribution is 7.95. The summed E-state index contributed by atoms with van der Waals surface area (Å²) in [7, 11) is -6.76. The lowest BCUT2D eigenvalue weighted by molar-refractivity contribution is 0.419. The van der Waals surface area contributed by atoms with E-state index >= 15 is 0 Å². The number of hydrogen-bond donors (Lipinski definition) is 0. The molecule has 0 aromatic carbocycles. The van der Waals surface area contributed by atoms with E-state index in [0.29, 0.717) is 12.8 Å². The first-order valence-electron chi connectivity index (χ1n) is 5.55. The van der Waals surface area contributed by atoms with Crippen LogP contribution in [0.25, 0.3) is 0 Å². The predicted molar refractivity (Wildman–Crippen MR) is 64.9 cm³/mol. The van der Waals surface area contributed by atoms with Crippen LogP contribution in [0.4, 0.5) is 0 Å². The quantitative estimate of drug-likeness (QED) is 0.748. The maximum atomic E-state index is 12.0. The maximum Gasteiger partial charge on any atom is 0.155 e. The van der Waals surface area contributed by atoms with Gasteiger partial charge in [0.2, 0.25) is 0 Å². The van der Waals surface area contributed by atoms with Crippen molar-refractivity contribution in [1.82, 2.24) is 0 Å². The van der Waals surface area contributed by atoms with Gasteiger partial charge >= 0.3 is 0 Å². The van der Waals surface area contributed by atoms with E-state index < -0.39 is 30.8 Å². The number of rotatable bonds is 4. The monoisotopic (exact) mass is 279 g/mol. The minimum Gasteiger partial charge on any atom is -0.229 e. The molecule has 0 saturated heterocycles. The zero-order valence-electron chi connectivity index (χ0n) is 9.79. The molecule has 0 aromatic rings. The van der Waals surface area contributed by atoms with E-state index in [1.54, 1.807) is 0 Å². The SMILES string of the molecule is CS(=O)(=O)CCS(=O)(=O)C1CCCCC1C#N. The molecule has 0 heterocycles. The van der Waals surface area contributed by atoms with E-state index in [4.69, 9.17) is 5.26 Å². The van der Waals surface area contributed by atoms with Crippen LogP contribution in [0.3, 0.4) is 0 Å². The minimum absolute atomic E-state index is 0.357. The van der Waals surface area contributed by atoms with Gasteiger partial charge in [-0.2, -0.15) is 5.26 Å². The van der Waals surface area contributed by atoms with Crippen LogP contribution >= 0.6 is 0 Å². The van der Waals surface area contributed by atoms with Gasteiger partial charge in [-0.3, -0.25) is 0 Å². The van der Waals surface area contributed by atoms with Gasteiger partial charge in [-0.15, -0.1) is 0 Å². The summed E-state index contributed by atoms with van der Waals surface area (Å²) in [5.74, 6) is -1.20. The summed E-state index contributed by atoms with van der Waals surface area (Å²) in [6.07, 6.45) is 3.76. The standard InChI is InChI=1S/C10H17NO4S2/c1-16(12,13)6-7-17(14,15)10-5-3-2-4-9(10)8-11/h9-10H,2-7H2,1H3. The molecule has 0 aliphatic heterocycles. The molecule has 1 rings (SSSR count). The zero-order valence-corrected chi connectivity index (χ0v) is 11.4. The van der Waals surface area contributed by atoms with Crippen molar-refractivity contribution in [3.8, 4) is 6.07 Å². The van der Waals surface area contributed by atoms with Gasteiger partial charge in [0.25, 0.3) is 0 Å². The molecule has 0 radical (unpaired) electrons. The first-order valence-corrected chi connectivity index (χ1v) is 9.33. The summed E-state index contributed by atoms with van der Waals surface area (Å²) in [4.78, 5) is 0. The first-order chi connectivity index (χ1) is 7.76. The van der Waals surface area contributed by atoms with E-state index in [-0.39, 0.29) is 11.5 Å². The van der Waals surface area contributed by atoms with Crippen LogP contribution in [0.15, 0.2) is 0 Å². The van der Waals surface area contributed by atoms with Gasteiger partial charge in [0.05, 0.1) is 28.7 Å². The van der Waals surface area contributed by atoms with E-state index in [9.17, 15) is 16.8 Å². The number of nitrogens with zero attached hydrogens (tertiary/aromatic N) is 1. The second-order valence-electron chi connectivity index (χ2n) is 4.56. The molecule has 98 valence electrons. The topological polar surface area (TPSA) is 92.1 Å². The highest BCUT2D eigenvalue weighted by atomic mass is 32.2. The number of sulfone groups is 2. The van der Waals surface area contributed by atoms with Crippen molar-refractivity contribution < 1.29 is 16.8 Å². The molecule has 0 aromatic heterocycles. The summed E-state index contributed by atoms with van der Waals surface area (Å²) in [5, 5.41) is 8.24. The molecule has 7 heteroatoms.